The Labute approximate surface area is 102 Å². The lowest BCUT2D eigenvalue weighted by molar-refractivity contribution is 0.286. The monoisotopic (exact) mass is 293 g/mol. The van der Waals surface area contributed by atoms with Crippen LogP contribution >= 0.6 is 15.9 Å². The molecule has 5 heteroatoms. The summed E-state index contributed by atoms with van der Waals surface area (Å²) in [4.78, 5) is 0. The van der Waals surface area contributed by atoms with Gasteiger partial charge in [0, 0.05) is 4.47 Å². The van der Waals surface area contributed by atoms with E-state index in [0.717, 1.165) is 25.5 Å². The molecule has 90 valence electrons. The molecule has 0 fully saturated rings. The third kappa shape index (κ3) is 4.06. The van der Waals surface area contributed by atoms with Gasteiger partial charge in [-0.1, -0.05) is 15.9 Å². The van der Waals surface area contributed by atoms with Crippen molar-refractivity contribution in [2.45, 2.75) is 12.8 Å². The molecule has 1 aromatic carbocycles. The van der Waals surface area contributed by atoms with Gasteiger partial charge < -0.3 is 10.1 Å². The predicted octanol–water partition coefficient (Wildman–Crippen LogP) is 3.11. The summed E-state index contributed by atoms with van der Waals surface area (Å²) in [7, 11) is 1.87. The highest BCUT2D eigenvalue weighted by Crippen LogP contribution is 2.25. The normalized spacial score (nSPS) is 10.5. The van der Waals surface area contributed by atoms with Gasteiger partial charge in [-0.05, 0) is 38.6 Å². The van der Waals surface area contributed by atoms with E-state index in [9.17, 15) is 8.78 Å². The largest absolute Gasteiger partial charge is 0.490 e. The molecule has 0 unspecified atom stereocenters. The predicted molar refractivity (Wildman–Crippen MR) is 62.7 cm³/mol. The van der Waals surface area contributed by atoms with E-state index in [1.807, 2.05) is 7.05 Å². The number of unbranched alkanes of at least 4 members (excludes halogenated alkanes) is 1. The van der Waals surface area contributed by atoms with Gasteiger partial charge in [-0.3, -0.25) is 0 Å². The number of halogens is 3. The van der Waals surface area contributed by atoms with E-state index in [1.165, 1.54) is 6.07 Å². The van der Waals surface area contributed by atoms with E-state index in [0.29, 0.717) is 11.1 Å². The number of hydrogen-bond acceptors (Lipinski definition) is 2. The SMILES string of the molecule is CNCCCCOc1cc(Br)cc(F)c1F. The maximum absolute atomic E-state index is 13.2. The maximum atomic E-state index is 13.2. The first-order valence-electron chi connectivity index (χ1n) is 5.07. The van der Waals surface area contributed by atoms with Crippen molar-refractivity contribution in [3.05, 3.63) is 28.2 Å². The van der Waals surface area contributed by atoms with Crippen LogP contribution in [0, 0.1) is 11.6 Å². The van der Waals surface area contributed by atoms with E-state index in [1.54, 1.807) is 0 Å². The van der Waals surface area contributed by atoms with E-state index >= 15 is 0 Å². The molecule has 0 spiro atoms. The van der Waals surface area contributed by atoms with Crippen molar-refractivity contribution < 1.29 is 13.5 Å². The summed E-state index contributed by atoms with van der Waals surface area (Å²) in [6, 6.07) is 2.50. The van der Waals surface area contributed by atoms with Crippen molar-refractivity contribution in [2.24, 2.45) is 0 Å². The first kappa shape index (κ1) is 13.4. The molecule has 1 rings (SSSR count). The zero-order valence-electron chi connectivity index (χ0n) is 9.03. The number of nitrogens with one attached hydrogen (secondary N) is 1. The molecule has 0 aromatic heterocycles. The van der Waals surface area contributed by atoms with Crippen molar-refractivity contribution in [2.75, 3.05) is 20.2 Å². The van der Waals surface area contributed by atoms with E-state index in [-0.39, 0.29) is 5.75 Å². The third-order valence-corrected chi connectivity index (χ3v) is 2.50. The lowest BCUT2D eigenvalue weighted by Gasteiger charge is -2.08. The average Bonchev–Trinajstić information content (AvgIpc) is 2.24. The summed E-state index contributed by atoms with van der Waals surface area (Å²) < 4.78 is 31.8. The molecule has 16 heavy (non-hydrogen) atoms. The van der Waals surface area contributed by atoms with Crippen LogP contribution < -0.4 is 10.1 Å². The minimum Gasteiger partial charge on any atom is -0.490 e. The zero-order chi connectivity index (χ0) is 12.0. The van der Waals surface area contributed by atoms with Crippen LogP contribution in [0.15, 0.2) is 16.6 Å². The first-order valence-corrected chi connectivity index (χ1v) is 5.86. The second-order valence-corrected chi connectivity index (χ2v) is 4.27. The van der Waals surface area contributed by atoms with Gasteiger partial charge in [0.25, 0.3) is 0 Å². The summed E-state index contributed by atoms with van der Waals surface area (Å²) in [5.41, 5.74) is 0. The molecule has 0 heterocycles. The molecule has 0 saturated heterocycles. The Kier molecular flexibility index (Phi) is 5.69. The highest BCUT2D eigenvalue weighted by molar-refractivity contribution is 9.10. The van der Waals surface area contributed by atoms with Crippen LogP contribution in [0.3, 0.4) is 0 Å². The number of rotatable bonds is 6. The Balaban J connectivity index is 2.47. The topological polar surface area (TPSA) is 21.3 Å². The third-order valence-electron chi connectivity index (χ3n) is 2.04. The van der Waals surface area contributed by atoms with Crippen LogP contribution in [-0.4, -0.2) is 20.2 Å². The highest BCUT2D eigenvalue weighted by atomic mass is 79.9. The summed E-state index contributed by atoms with van der Waals surface area (Å²) in [6.45, 7) is 1.27. The molecule has 1 N–H and O–H groups in total. The zero-order valence-corrected chi connectivity index (χ0v) is 10.6. The number of hydrogen-bond donors (Lipinski definition) is 1. The van der Waals surface area contributed by atoms with Crippen LogP contribution in [0.5, 0.6) is 5.75 Å². The van der Waals surface area contributed by atoms with Crippen molar-refractivity contribution in [1.82, 2.24) is 5.32 Å². The Hall–Kier alpha value is -0.680. The fourth-order valence-electron chi connectivity index (χ4n) is 1.22. The summed E-state index contributed by atoms with van der Waals surface area (Å²) >= 11 is 3.08. The van der Waals surface area contributed by atoms with E-state index in [4.69, 9.17) is 4.74 Å². The molecule has 0 aliphatic carbocycles. The quantitative estimate of drug-likeness (QED) is 0.643. The molecule has 0 atom stereocenters. The Bertz CT molecular complexity index is 347. The van der Waals surface area contributed by atoms with Crippen LogP contribution in [-0.2, 0) is 0 Å². The van der Waals surface area contributed by atoms with Crippen molar-refractivity contribution in [3.8, 4) is 5.75 Å². The van der Waals surface area contributed by atoms with Crippen LogP contribution in [0.4, 0.5) is 8.78 Å². The molecule has 0 bridgehead atoms. The lowest BCUT2D eigenvalue weighted by atomic mass is 10.3. The van der Waals surface area contributed by atoms with Gasteiger partial charge in [0.1, 0.15) is 0 Å². The van der Waals surface area contributed by atoms with Crippen LogP contribution in [0.1, 0.15) is 12.8 Å². The molecule has 0 amide bonds. The molecule has 0 saturated carbocycles. The molecular formula is C11H14BrF2NO. The summed E-state index contributed by atoms with van der Waals surface area (Å²) in [5, 5.41) is 3.00. The minimum atomic E-state index is -0.934. The van der Waals surface area contributed by atoms with Gasteiger partial charge in [0.2, 0.25) is 5.82 Å². The van der Waals surface area contributed by atoms with Crippen molar-refractivity contribution in [3.63, 3.8) is 0 Å². The standard InChI is InChI=1S/C11H14BrF2NO/c1-15-4-2-3-5-16-10-7-8(12)6-9(13)11(10)14/h6-7,15H,2-5H2,1H3. The number of ether oxygens (including phenoxy) is 1. The van der Waals surface area contributed by atoms with Gasteiger partial charge in [0.15, 0.2) is 11.6 Å². The van der Waals surface area contributed by atoms with Gasteiger partial charge >= 0.3 is 0 Å². The van der Waals surface area contributed by atoms with Crippen molar-refractivity contribution in [1.29, 1.82) is 0 Å². The highest BCUT2D eigenvalue weighted by Gasteiger charge is 2.10. The molecule has 0 radical (unpaired) electrons. The van der Waals surface area contributed by atoms with E-state index in [2.05, 4.69) is 21.2 Å². The smallest absolute Gasteiger partial charge is 0.200 e. The van der Waals surface area contributed by atoms with Gasteiger partial charge in [-0.2, -0.15) is 4.39 Å². The molecule has 2 nitrogen and oxygen atoms in total. The molecular weight excluding hydrogens is 280 g/mol. The lowest BCUT2D eigenvalue weighted by Crippen LogP contribution is -2.09. The van der Waals surface area contributed by atoms with Crippen LogP contribution in [0.2, 0.25) is 0 Å². The van der Waals surface area contributed by atoms with Gasteiger partial charge in [0.05, 0.1) is 6.61 Å². The van der Waals surface area contributed by atoms with E-state index < -0.39 is 11.6 Å². The minimum absolute atomic E-state index is 0.0451. The molecule has 0 aliphatic heterocycles. The fraction of sp³-hybridized carbons (Fsp3) is 0.455. The number of benzene rings is 1. The fourth-order valence-corrected chi connectivity index (χ4v) is 1.63. The first-order chi connectivity index (χ1) is 7.65. The maximum Gasteiger partial charge on any atom is 0.200 e. The summed E-state index contributed by atoms with van der Waals surface area (Å²) in [6.07, 6.45) is 1.74. The Morgan fingerprint density at radius 2 is 2.06 bits per heavy atom. The van der Waals surface area contributed by atoms with Gasteiger partial charge in [-0.15, -0.1) is 0 Å². The Morgan fingerprint density at radius 3 is 2.75 bits per heavy atom. The molecule has 1 aromatic rings. The molecule has 0 aliphatic rings. The second-order valence-electron chi connectivity index (χ2n) is 3.36. The average molecular weight is 294 g/mol. The van der Waals surface area contributed by atoms with Gasteiger partial charge in [-0.25, -0.2) is 4.39 Å². The Morgan fingerprint density at radius 1 is 1.31 bits per heavy atom. The van der Waals surface area contributed by atoms with Crippen molar-refractivity contribution >= 4 is 15.9 Å². The summed E-state index contributed by atoms with van der Waals surface area (Å²) in [5.74, 6) is -1.88. The van der Waals surface area contributed by atoms with Crippen LogP contribution in [0.25, 0.3) is 0 Å². The second kappa shape index (κ2) is 6.81.